The van der Waals surface area contributed by atoms with Crippen LogP contribution in [0.3, 0.4) is 0 Å². The monoisotopic (exact) mass is 599 g/mol. The van der Waals surface area contributed by atoms with E-state index in [1.54, 1.807) is 48.5 Å². The molecule has 0 aliphatic heterocycles. The third kappa shape index (κ3) is 5.65. The highest BCUT2D eigenvalue weighted by atomic mass is 79.9. The quantitative estimate of drug-likeness (QED) is 0.0901. The lowest BCUT2D eigenvalue weighted by Crippen LogP contribution is -2.19. The number of aromatic amines is 1. The highest BCUT2D eigenvalue weighted by Gasteiger charge is 2.22. The van der Waals surface area contributed by atoms with Crippen molar-refractivity contribution in [2.75, 3.05) is 0 Å². The predicted octanol–water partition coefficient (Wildman–Crippen LogP) is 7.85. The van der Waals surface area contributed by atoms with Gasteiger partial charge in [-0.2, -0.15) is 5.10 Å². The Kier molecular flexibility index (Phi) is 7.63. The molecule has 6 nitrogen and oxygen atoms in total. The van der Waals surface area contributed by atoms with E-state index >= 15 is 0 Å². The number of carbonyl (C=O) groups is 2. The Balaban J connectivity index is 1.46. The number of aryl methyl sites for hydroxylation is 2. The molecular formula is C31H23BrClN3O3. The maximum absolute atomic E-state index is 13.4. The first-order valence-electron chi connectivity index (χ1n) is 12.1. The second-order valence-corrected chi connectivity index (χ2v) is 10.3. The van der Waals surface area contributed by atoms with Gasteiger partial charge in [-0.15, -0.1) is 0 Å². The topological polar surface area (TPSA) is 83.6 Å². The molecule has 0 spiro atoms. The van der Waals surface area contributed by atoms with Gasteiger partial charge in [-0.1, -0.05) is 75.6 Å². The lowest BCUT2D eigenvalue weighted by Gasteiger charge is -2.08. The fourth-order valence-corrected chi connectivity index (χ4v) is 5.04. The molecule has 0 aliphatic rings. The van der Waals surface area contributed by atoms with Crippen LogP contribution in [-0.2, 0) is 0 Å². The Morgan fingerprint density at radius 1 is 0.974 bits per heavy atom. The van der Waals surface area contributed by atoms with E-state index in [1.165, 1.54) is 6.21 Å². The number of aromatic nitrogens is 1. The lowest BCUT2D eigenvalue weighted by atomic mass is 9.99. The van der Waals surface area contributed by atoms with Gasteiger partial charge in [0.15, 0.2) is 0 Å². The first-order valence-corrected chi connectivity index (χ1v) is 13.3. The van der Waals surface area contributed by atoms with Crippen LogP contribution >= 0.6 is 27.5 Å². The van der Waals surface area contributed by atoms with E-state index in [2.05, 4.69) is 37.5 Å². The van der Waals surface area contributed by atoms with Crippen LogP contribution in [0.15, 0.2) is 94.5 Å². The van der Waals surface area contributed by atoms with Gasteiger partial charge in [0.1, 0.15) is 11.4 Å². The van der Waals surface area contributed by atoms with Crippen molar-refractivity contribution in [1.29, 1.82) is 0 Å². The molecule has 0 aliphatic carbocycles. The fraction of sp³-hybridized carbons (Fsp3) is 0.0645. The van der Waals surface area contributed by atoms with Gasteiger partial charge in [-0.05, 0) is 61.9 Å². The third-order valence-corrected chi connectivity index (χ3v) is 7.00. The summed E-state index contributed by atoms with van der Waals surface area (Å²) in [7, 11) is 0. The molecule has 8 heteroatoms. The molecule has 0 bridgehead atoms. The van der Waals surface area contributed by atoms with E-state index in [9.17, 15) is 9.59 Å². The molecule has 194 valence electrons. The molecular weight excluding hydrogens is 578 g/mol. The molecule has 39 heavy (non-hydrogen) atoms. The summed E-state index contributed by atoms with van der Waals surface area (Å²) in [5.41, 5.74) is 8.26. The average Bonchev–Trinajstić information content (AvgIpc) is 3.30. The summed E-state index contributed by atoms with van der Waals surface area (Å²) in [6.45, 7) is 4.01. The third-order valence-electron chi connectivity index (χ3n) is 6.17. The Labute approximate surface area is 238 Å². The number of ether oxygens (including phenoxy) is 1. The van der Waals surface area contributed by atoms with Crippen LogP contribution in [0.1, 0.15) is 37.5 Å². The number of nitrogens with zero attached hydrogens (tertiary/aromatic N) is 1. The standard InChI is InChI=1S/C31H23BrClN3O3/c1-18-14-19(2)28-24(15-18)27(23-10-6-7-11-25(23)33)29(35-28)30(37)36-34-17-21-16-22(32)12-13-26(21)39-31(38)20-8-4-3-5-9-20/h3-17,35H,1-2H3,(H,36,37). The van der Waals surface area contributed by atoms with Gasteiger partial charge in [-0.25, -0.2) is 10.2 Å². The van der Waals surface area contributed by atoms with Crippen molar-refractivity contribution >= 4 is 56.5 Å². The normalized spacial score (nSPS) is 11.2. The van der Waals surface area contributed by atoms with E-state index in [0.29, 0.717) is 33.2 Å². The van der Waals surface area contributed by atoms with Gasteiger partial charge in [0.25, 0.3) is 5.91 Å². The summed E-state index contributed by atoms with van der Waals surface area (Å²) in [5.74, 6) is -0.629. The van der Waals surface area contributed by atoms with Crippen molar-refractivity contribution in [2.45, 2.75) is 13.8 Å². The molecule has 0 atom stereocenters. The van der Waals surface area contributed by atoms with Crippen LogP contribution in [0.4, 0.5) is 0 Å². The number of nitrogens with one attached hydrogen (secondary N) is 2. The predicted molar refractivity (Wildman–Crippen MR) is 159 cm³/mol. The van der Waals surface area contributed by atoms with Gasteiger partial charge in [-0.3, -0.25) is 4.79 Å². The first-order chi connectivity index (χ1) is 18.8. The molecule has 0 fully saturated rings. The molecule has 0 radical (unpaired) electrons. The summed E-state index contributed by atoms with van der Waals surface area (Å²) in [6, 6.07) is 25.4. The van der Waals surface area contributed by atoms with Gasteiger partial charge >= 0.3 is 5.97 Å². The summed E-state index contributed by atoms with van der Waals surface area (Å²) in [4.78, 5) is 29.3. The molecule has 1 amide bonds. The molecule has 1 aromatic heterocycles. The number of halogens is 2. The largest absolute Gasteiger partial charge is 0.422 e. The number of esters is 1. The van der Waals surface area contributed by atoms with Crippen LogP contribution in [0, 0.1) is 13.8 Å². The van der Waals surface area contributed by atoms with Crippen molar-refractivity contribution in [3.8, 4) is 16.9 Å². The molecule has 5 aromatic rings. The lowest BCUT2D eigenvalue weighted by molar-refractivity contribution is 0.0734. The summed E-state index contributed by atoms with van der Waals surface area (Å²) in [6.07, 6.45) is 1.43. The fourth-order valence-electron chi connectivity index (χ4n) is 4.43. The van der Waals surface area contributed by atoms with Crippen molar-refractivity contribution in [2.24, 2.45) is 5.10 Å². The van der Waals surface area contributed by atoms with E-state index in [1.807, 2.05) is 44.2 Å². The van der Waals surface area contributed by atoms with E-state index in [0.717, 1.165) is 32.1 Å². The van der Waals surface area contributed by atoms with Gasteiger partial charge in [0, 0.05) is 37.1 Å². The Morgan fingerprint density at radius 2 is 1.72 bits per heavy atom. The van der Waals surface area contributed by atoms with E-state index < -0.39 is 11.9 Å². The van der Waals surface area contributed by atoms with Crippen molar-refractivity contribution in [3.63, 3.8) is 0 Å². The van der Waals surface area contributed by atoms with Crippen LogP contribution in [-0.4, -0.2) is 23.1 Å². The minimum absolute atomic E-state index is 0.304. The number of amides is 1. The molecule has 2 N–H and O–H groups in total. The number of benzene rings is 4. The number of fused-ring (bicyclic) bond motifs is 1. The van der Waals surface area contributed by atoms with Crippen LogP contribution in [0.5, 0.6) is 5.75 Å². The van der Waals surface area contributed by atoms with Crippen LogP contribution in [0.25, 0.3) is 22.0 Å². The number of hydrogen-bond acceptors (Lipinski definition) is 4. The zero-order chi connectivity index (χ0) is 27.5. The van der Waals surface area contributed by atoms with Crippen molar-refractivity contribution in [3.05, 3.63) is 122 Å². The van der Waals surface area contributed by atoms with Gasteiger partial charge in [0.05, 0.1) is 11.8 Å². The number of hydrogen-bond donors (Lipinski definition) is 2. The maximum atomic E-state index is 13.4. The first kappa shape index (κ1) is 26.4. The summed E-state index contributed by atoms with van der Waals surface area (Å²) < 4.78 is 6.36. The van der Waals surface area contributed by atoms with Crippen LogP contribution < -0.4 is 10.2 Å². The number of rotatable bonds is 6. The number of H-pyrrole nitrogens is 1. The maximum Gasteiger partial charge on any atom is 0.343 e. The smallest absolute Gasteiger partial charge is 0.343 e. The molecule has 0 saturated carbocycles. The average molecular weight is 601 g/mol. The molecule has 1 heterocycles. The highest BCUT2D eigenvalue weighted by Crippen LogP contribution is 2.38. The van der Waals surface area contributed by atoms with Gasteiger partial charge in [0.2, 0.25) is 0 Å². The number of hydrazone groups is 1. The number of carbonyl (C=O) groups excluding carboxylic acids is 2. The Hall–Kier alpha value is -4.20. The summed E-state index contributed by atoms with van der Waals surface area (Å²) >= 11 is 9.99. The van der Waals surface area contributed by atoms with Crippen LogP contribution in [0.2, 0.25) is 5.02 Å². The van der Waals surface area contributed by atoms with Crippen molar-refractivity contribution in [1.82, 2.24) is 10.4 Å². The van der Waals surface area contributed by atoms with E-state index in [-0.39, 0.29) is 0 Å². The van der Waals surface area contributed by atoms with Gasteiger partial charge < -0.3 is 9.72 Å². The highest BCUT2D eigenvalue weighted by molar-refractivity contribution is 9.10. The Bertz CT molecular complexity index is 1750. The molecule has 4 aromatic carbocycles. The second kappa shape index (κ2) is 11.3. The second-order valence-electron chi connectivity index (χ2n) is 9.00. The minimum Gasteiger partial charge on any atom is -0.422 e. The van der Waals surface area contributed by atoms with E-state index in [4.69, 9.17) is 16.3 Å². The molecule has 0 saturated heterocycles. The zero-order valence-electron chi connectivity index (χ0n) is 21.1. The molecule has 5 rings (SSSR count). The Morgan fingerprint density at radius 3 is 2.49 bits per heavy atom. The summed E-state index contributed by atoms with van der Waals surface area (Å²) in [5, 5.41) is 5.61. The SMILES string of the molecule is Cc1cc(C)c2[nH]c(C(=O)NN=Cc3cc(Br)ccc3OC(=O)c3ccccc3)c(-c3ccccc3Cl)c2c1. The molecule has 0 unspecified atom stereocenters. The minimum atomic E-state index is -0.496. The van der Waals surface area contributed by atoms with Crippen molar-refractivity contribution < 1.29 is 14.3 Å². The zero-order valence-corrected chi connectivity index (χ0v) is 23.4.